The van der Waals surface area contributed by atoms with Gasteiger partial charge in [-0.05, 0) is 24.6 Å². The molecular formula is C15H20FNO3S2. The van der Waals surface area contributed by atoms with E-state index in [9.17, 15) is 12.8 Å². The average Bonchev–Trinajstić information content (AvgIpc) is 3.16. The van der Waals surface area contributed by atoms with Crippen LogP contribution >= 0.6 is 12.2 Å². The summed E-state index contributed by atoms with van der Waals surface area (Å²) in [4.78, 5) is 0.109. The van der Waals surface area contributed by atoms with Crippen molar-refractivity contribution in [3.05, 3.63) is 35.6 Å². The van der Waals surface area contributed by atoms with Crippen molar-refractivity contribution in [2.24, 2.45) is 11.1 Å². The fraction of sp³-hybridized carbons (Fsp3) is 0.533. The van der Waals surface area contributed by atoms with E-state index in [4.69, 9.17) is 22.7 Å². The summed E-state index contributed by atoms with van der Waals surface area (Å²) in [7, 11) is -3.39. The highest BCUT2D eigenvalue weighted by atomic mass is 32.2. The van der Waals surface area contributed by atoms with Crippen LogP contribution in [0.4, 0.5) is 4.39 Å². The molecule has 1 aromatic carbocycles. The number of thiocarbonyl (C=S) groups is 1. The number of sulfone groups is 1. The molecule has 0 aromatic heterocycles. The fourth-order valence-corrected chi connectivity index (χ4v) is 5.56. The maximum absolute atomic E-state index is 13.5. The summed E-state index contributed by atoms with van der Waals surface area (Å²) < 4.78 is 43.9. The van der Waals surface area contributed by atoms with Crippen molar-refractivity contribution in [1.29, 1.82) is 0 Å². The van der Waals surface area contributed by atoms with Crippen LogP contribution in [-0.2, 0) is 14.6 Å². The van der Waals surface area contributed by atoms with Crippen molar-refractivity contribution in [1.82, 2.24) is 0 Å². The number of hydrogen-bond acceptors (Lipinski definition) is 4. The van der Waals surface area contributed by atoms with Gasteiger partial charge in [0.1, 0.15) is 5.82 Å². The Hall–Kier alpha value is -1.05. The van der Waals surface area contributed by atoms with Crippen LogP contribution < -0.4 is 5.73 Å². The second-order valence-electron chi connectivity index (χ2n) is 5.45. The van der Waals surface area contributed by atoms with Crippen LogP contribution in [0.2, 0.25) is 0 Å². The lowest BCUT2D eigenvalue weighted by atomic mass is 10.00. The third-order valence-electron chi connectivity index (χ3n) is 4.26. The molecule has 1 aliphatic carbocycles. The van der Waals surface area contributed by atoms with Crippen LogP contribution in [0.25, 0.3) is 0 Å². The van der Waals surface area contributed by atoms with E-state index in [0.717, 1.165) is 0 Å². The Labute approximate surface area is 135 Å². The number of halogens is 1. The molecule has 2 N–H and O–H groups in total. The second kappa shape index (κ2) is 6.22. The maximum Gasteiger partial charge on any atom is 0.154 e. The van der Waals surface area contributed by atoms with Crippen LogP contribution in [0, 0.1) is 11.2 Å². The largest absolute Gasteiger partial charge is 0.393 e. The molecule has 1 aromatic rings. The van der Waals surface area contributed by atoms with Gasteiger partial charge in [0.2, 0.25) is 0 Å². The van der Waals surface area contributed by atoms with Crippen molar-refractivity contribution in [2.45, 2.75) is 25.0 Å². The van der Waals surface area contributed by atoms with Crippen molar-refractivity contribution in [2.75, 3.05) is 19.0 Å². The SMILES string of the molecule is CCOC[C@@]1(C(N)=S)[C@H](S(=O)(=O)CC)[C@@H]1c1cccc(F)c1. The van der Waals surface area contributed by atoms with Crippen LogP contribution in [0.1, 0.15) is 25.3 Å². The van der Waals surface area contributed by atoms with E-state index in [1.54, 1.807) is 19.1 Å². The highest BCUT2D eigenvalue weighted by molar-refractivity contribution is 7.92. The maximum atomic E-state index is 13.5. The number of rotatable bonds is 7. The summed E-state index contributed by atoms with van der Waals surface area (Å²) in [5, 5.41) is -0.754. The van der Waals surface area contributed by atoms with E-state index < -0.39 is 32.2 Å². The van der Waals surface area contributed by atoms with E-state index in [1.165, 1.54) is 12.1 Å². The topological polar surface area (TPSA) is 69.4 Å². The van der Waals surface area contributed by atoms with E-state index in [2.05, 4.69) is 0 Å². The zero-order valence-corrected chi connectivity index (χ0v) is 14.2. The Morgan fingerprint density at radius 3 is 2.64 bits per heavy atom. The van der Waals surface area contributed by atoms with Gasteiger partial charge in [0.05, 0.1) is 22.3 Å². The molecule has 0 amide bonds. The van der Waals surface area contributed by atoms with Crippen LogP contribution in [0.5, 0.6) is 0 Å². The summed E-state index contributed by atoms with van der Waals surface area (Å²) in [6.07, 6.45) is 0. The average molecular weight is 345 g/mol. The summed E-state index contributed by atoms with van der Waals surface area (Å²) in [6, 6.07) is 5.93. The Morgan fingerprint density at radius 2 is 2.14 bits per heavy atom. The molecule has 1 fully saturated rings. The first-order valence-electron chi connectivity index (χ1n) is 7.16. The highest BCUT2D eigenvalue weighted by Crippen LogP contribution is 2.63. The quantitative estimate of drug-likeness (QED) is 0.766. The first-order valence-corrected chi connectivity index (χ1v) is 9.28. The van der Waals surface area contributed by atoms with Gasteiger partial charge in [0.25, 0.3) is 0 Å². The standard InChI is InChI=1S/C15H20FNO3S2/c1-3-20-9-15(14(17)21)12(13(15)22(18,19)4-2)10-6-5-7-11(16)8-10/h5-8,12-13H,3-4,9H2,1-2H3,(H2,17,21)/t12-,13+,15-/m0/s1. The van der Waals surface area contributed by atoms with Gasteiger partial charge in [0.15, 0.2) is 9.84 Å². The van der Waals surface area contributed by atoms with E-state index in [0.29, 0.717) is 12.2 Å². The monoisotopic (exact) mass is 345 g/mol. The first kappa shape index (κ1) is 17.3. The lowest BCUT2D eigenvalue weighted by Gasteiger charge is -2.16. The van der Waals surface area contributed by atoms with Crippen LogP contribution in [-0.4, -0.2) is 37.6 Å². The van der Waals surface area contributed by atoms with Gasteiger partial charge in [-0.25, -0.2) is 12.8 Å². The minimum absolute atomic E-state index is 0.0139. The Kier molecular flexibility index (Phi) is 4.89. The molecule has 7 heteroatoms. The molecule has 2 rings (SSSR count). The van der Waals surface area contributed by atoms with E-state index in [1.807, 2.05) is 6.92 Å². The number of hydrogen-bond donors (Lipinski definition) is 1. The molecule has 0 bridgehead atoms. The van der Waals surface area contributed by atoms with Crippen LogP contribution in [0.15, 0.2) is 24.3 Å². The molecule has 122 valence electrons. The van der Waals surface area contributed by atoms with E-state index in [-0.39, 0.29) is 17.3 Å². The Balaban J connectivity index is 2.51. The third-order valence-corrected chi connectivity index (χ3v) is 6.91. The zero-order valence-electron chi connectivity index (χ0n) is 12.6. The molecule has 0 spiro atoms. The molecule has 1 saturated carbocycles. The Bertz CT molecular complexity index is 677. The predicted molar refractivity (Wildman–Crippen MR) is 88.1 cm³/mol. The molecule has 3 atom stereocenters. The smallest absolute Gasteiger partial charge is 0.154 e. The molecule has 1 aliphatic rings. The number of benzene rings is 1. The van der Waals surface area contributed by atoms with Gasteiger partial charge < -0.3 is 10.5 Å². The van der Waals surface area contributed by atoms with E-state index >= 15 is 0 Å². The van der Waals surface area contributed by atoms with Gasteiger partial charge in [-0.3, -0.25) is 0 Å². The van der Waals surface area contributed by atoms with Crippen molar-refractivity contribution < 1.29 is 17.5 Å². The molecule has 0 saturated heterocycles. The third kappa shape index (κ3) is 2.77. The fourth-order valence-electron chi connectivity index (χ4n) is 3.09. The van der Waals surface area contributed by atoms with Crippen molar-refractivity contribution in [3.63, 3.8) is 0 Å². The summed E-state index contributed by atoms with van der Waals surface area (Å²) in [5.41, 5.74) is 5.52. The molecule has 0 radical (unpaired) electrons. The predicted octanol–water partition coefficient (Wildman–Crippen LogP) is 2.04. The van der Waals surface area contributed by atoms with Crippen molar-refractivity contribution in [3.8, 4) is 0 Å². The number of ether oxygens (including phenoxy) is 1. The molecular weight excluding hydrogens is 325 g/mol. The lowest BCUT2D eigenvalue weighted by molar-refractivity contribution is 0.121. The van der Waals surface area contributed by atoms with Crippen molar-refractivity contribution >= 4 is 27.0 Å². The highest BCUT2D eigenvalue weighted by Gasteiger charge is 2.72. The Morgan fingerprint density at radius 1 is 1.45 bits per heavy atom. The summed E-state index contributed by atoms with van der Waals surface area (Å²) in [5.74, 6) is -0.887. The van der Waals surface area contributed by atoms with Gasteiger partial charge in [-0.2, -0.15) is 0 Å². The summed E-state index contributed by atoms with van der Waals surface area (Å²) >= 11 is 5.15. The minimum Gasteiger partial charge on any atom is -0.393 e. The number of nitrogens with two attached hydrogens (primary N) is 1. The normalized spacial score (nSPS) is 27.6. The van der Waals surface area contributed by atoms with Gasteiger partial charge in [0, 0.05) is 18.3 Å². The van der Waals surface area contributed by atoms with Gasteiger partial charge in [-0.1, -0.05) is 31.3 Å². The molecule has 0 aliphatic heterocycles. The summed E-state index contributed by atoms with van der Waals surface area (Å²) in [6.45, 7) is 3.96. The molecule has 22 heavy (non-hydrogen) atoms. The lowest BCUT2D eigenvalue weighted by Crippen LogP contribution is -2.34. The first-order chi connectivity index (χ1) is 10.3. The molecule has 0 heterocycles. The molecule has 0 unspecified atom stereocenters. The second-order valence-corrected chi connectivity index (χ2v) is 8.30. The van der Waals surface area contributed by atoms with Crippen LogP contribution in [0.3, 0.4) is 0 Å². The molecule has 4 nitrogen and oxygen atoms in total. The minimum atomic E-state index is -3.39. The van der Waals surface area contributed by atoms with Gasteiger partial charge >= 0.3 is 0 Å². The zero-order chi connectivity index (χ0) is 16.5. The van der Waals surface area contributed by atoms with Gasteiger partial charge in [-0.15, -0.1) is 0 Å².